The number of nitro benzene ring substituents is 1. The van der Waals surface area contributed by atoms with Gasteiger partial charge in [-0.25, -0.2) is 4.98 Å². The van der Waals surface area contributed by atoms with E-state index in [4.69, 9.17) is 4.74 Å². The lowest BCUT2D eigenvalue weighted by atomic mass is 9.98. The number of nitro groups is 1. The van der Waals surface area contributed by atoms with Crippen LogP contribution in [0.3, 0.4) is 0 Å². The summed E-state index contributed by atoms with van der Waals surface area (Å²) in [5.74, 6) is 0.656. The average molecular weight is 392 g/mol. The SMILES string of the molecule is COc1ccc2c(c1)CN(c1ccc(C(=O)c3nccn3C)cc1[N+](=O)[O-])CC2. The summed E-state index contributed by atoms with van der Waals surface area (Å²) in [6.07, 6.45) is 3.97. The maximum atomic E-state index is 12.7. The van der Waals surface area contributed by atoms with Crippen molar-refractivity contribution >= 4 is 17.2 Å². The molecule has 1 aromatic heterocycles. The first-order valence-electron chi connectivity index (χ1n) is 9.19. The number of carbonyl (C=O) groups excluding carboxylic acids is 1. The van der Waals surface area contributed by atoms with Crippen LogP contribution in [0.2, 0.25) is 0 Å². The predicted octanol–water partition coefficient (Wildman–Crippen LogP) is 3.13. The Labute approximate surface area is 167 Å². The van der Waals surface area contributed by atoms with Crippen molar-refractivity contribution in [1.82, 2.24) is 9.55 Å². The van der Waals surface area contributed by atoms with E-state index in [9.17, 15) is 14.9 Å². The number of ether oxygens (including phenoxy) is 1. The lowest BCUT2D eigenvalue weighted by Crippen LogP contribution is -2.31. The summed E-state index contributed by atoms with van der Waals surface area (Å²) in [6, 6.07) is 10.5. The lowest BCUT2D eigenvalue weighted by Gasteiger charge is -2.30. The first kappa shape index (κ1) is 18.7. The van der Waals surface area contributed by atoms with Crippen LogP contribution in [0.1, 0.15) is 27.3 Å². The number of carbonyl (C=O) groups is 1. The quantitative estimate of drug-likeness (QED) is 0.376. The molecular weight excluding hydrogens is 372 g/mol. The number of methoxy groups -OCH3 is 1. The van der Waals surface area contributed by atoms with Crippen molar-refractivity contribution in [2.75, 3.05) is 18.6 Å². The molecule has 0 N–H and O–H groups in total. The van der Waals surface area contributed by atoms with Gasteiger partial charge < -0.3 is 14.2 Å². The van der Waals surface area contributed by atoms with Gasteiger partial charge in [-0.1, -0.05) is 6.07 Å². The molecule has 0 fully saturated rings. The van der Waals surface area contributed by atoms with Crippen LogP contribution >= 0.6 is 0 Å². The van der Waals surface area contributed by atoms with Crippen molar-refractivity contribution in [2.24, 2.45) is 7.05 Å². The van der Waals surface area contributed by atoms with Gasteiger partial charge in [-0.15, -0.1) is 0 Å². The molecule has 1 aliphatic heterocycles. The second-order valence-electron chi connectivity index (χ2n) is 6.96. The monoisotopic (exact) mass is 392 g/mol. The highest BCUT2D eigenvalue weighted by atomic mass is 16.6. The zero-order valence-corrected chi connectivity index (χ0v) is 16.2. The highest BCUT2D eigenvalue weighted by molar-refractivity contribution is 6.07. The van der Waals surface area contributed by atoms with E-state index in [1.807, 2.05) is 23.1 Å². The van der Waals surface area contributed by atoms with Gasteiger partial charge in [-0.05, 0) is 41.8 Å². The minimum absolute atomic E-state index is 0.0867. The molecule has 0 saturated carbocycles. The molecule has 0 atom stereocenters. The van der Waals surface area contributed by atoms with E-state index >= 15 is 0 Å². The third-order valence-electron chi connectivity index (χ3n) is 5.22. The van der Waals surface area contributed by atoms with Gasteiger partial charge in [0.25, 0.3) is 5.69 Å². The molecular formula is C21H20N4O4. The molecule has 0 bridgehead atoms. The molecule has 3 aromatic rings. The summed E-state index contributed by atoms with van der Waals surface area (Å²) in [7, 11) is 3.33. The van der Waals surface area contributed by atoms with Crippen LogP contribution < -0.4 is 9.64 Å². The molecule has 2 heterocycles. The molecule has 0 amide bonds. The van der Waals surface area contributed by atoms with Gasteiger partial charge >= 0.3 is 0 Å². The first-order chi connectivity index (χ1) is 14.0. The molecule has 0 spiro atoms. The number of nitrogens with zero attached hydrogens (tertiary/aromatic N) is 4. The van der Waals surface area contributed by atoms with Crippen LogP contribution in [0.5, 0.6) is 5.75 Å². The van der Waals surface area contributed by atoms with E-state index in [2.05, 4.69) is 4.98 Å². The Morgan fingerprint density at radius 3 is 2.72 bits per heavy atom. The van der Waals surface area contributed by atoms with E-state index in [1.54, 1.807) is 37.1 Å². The number of rotatable bonds is 5. The minimum Gasteiger partial charge on any atom is -0.497 e. The van der Waals surface area contributed by atoms with E-state index in [1.165, 1.54) is 17.8 Å². The first-order valence-corrected chi connectivity index (χ1v) is 9.19. The van der Waals surface area contributed by atoms with Crippen molar-refractivity contribution in [3.63, 3.8) is 0 Å². The molecule has 29 heavy (non-hydrogen) atoms. The molecule has 8 heteroatoms. The number of imidazole rings is 1. The highest BCUT2D eigenvalue weighted by Crippen LogP contribution is 2.34. The summed E-state index contributed by atoms with van der Waals surface area (Å²) >= 11 is 0. The highest BCUT2D eigenvalue weighted by Gasteiger charge is 2.26. The van der Waals surface area contributed by atoms with Crippen LogP contribution in [0.4, 0.5) is 11.4 Å². The number of hydrogen-bond donors (Lipinski definition) is 0. The van der Waals surface area contributed by atoms with Crippen molar-refractivity contribution in [2.45, 2.75) is 13.0 Å². The van der Waals surface area contributed by atoms with Gasteiger partial charge in [0.1, 0.15) is 11.4 Å². The number of benzene rings is 2. The second kappa shape index (κ2) is 7.38. The molecule has 1 aliphatic rings. The third-order valence-corrected chi connectivity index (χ3v) is 5.22. The van der Waals surface area contributed by atoms with Crippen molar-refractivity contribution < 1.29 is 14.5 Å². The summed E-state index contributed by atoms with van der Waals surface area (Å²) in [5, 5.41) is 11.8. The summed E-state index contributed by atoms with van der Waals surface area (Å²) in [4.78, 5) is 30.0. The molecule has 0 aliphatic carbocycles. The Morgan fingerprint density at radius 1 is 1.21 bits per heavy atom. The summed E-state index contributed by atoms with van der Waals surface area (Å²) < 4.78 is 6.89. The normalized spacial score (nSPS) is 13.1. The third kappa shape index (κ3) is 3.44. The fourth-order valence-electron chi connectivity index (χ4n) is 3.66. The molecule has 0 saturated heterocycles. The molecule has 2 aromatic carbocycles. The summed E-state index contributed by atoms with van der Waals surface area (Å²) in [6.45, 7) is 1.20. The van der Waals surface area contributed by atoms with E-state index in [-0.39, 0.29) is 22.9 Å². The van der Waals surface area contributed by atoms with Gasteiger partial charge in [0, 0.05) is 44.2 Å². The topological polar surface area (TPSA) is 90.5 Å². The number of fused-ring (bicyclic) bond motifs is 1. The number of ketones is 1. The van der Waals surface area contributed by atoms with Gasteiger partial charge in [0.15, 0.2) is 5.82 Å². The smallest absolute Gasteiger partial charge is 0.293 e. The Kier molecular flexibility index (Phi) is 4.75. The summed E-state index contributed by atoms with van der Waals surface area (Å²) in [5.41, 5.74) is 2.95. The van der Waals surface area contributed by atoms with Crippen LogP contribution in [0, 0.1) is 10.1 Å². The van der Waals surface area contributed by atoms with Crippen LogP contribution in [-0.2, 0) is 20.0 Å². The van der Waals surface area contributed by atoms with Crippen LogP contribution in [0.15, 0.2) is 48.8 Å². The van der Waals surface area contributed by atoms with Crippen molar-refractivity contribution in [1.29, 1.82) is 0 Å². The van der Waals surface area contributed by atoms with Crippen LogP contribution in [-0.4, -0.2) is 33.9 Å². The maximum Gasteiger partial charge on any atom is 0.293 e. The fraction of sp³-hybridized carbons (Fsp3) is 0.238. The van der Waals surface area contributed by atoms with E-state index in [0.29, 0.717) is 18.8 Å². The maximum absolute atomic E-state index is 12.7. The molecule has 8 nitrogen and oxygen atoms in total. The molecule has 0 unspecified atom stereocenters. The largest absolute Gasteiger partial charge is 0.497 e. The fourth-order valence-corrected chi connectivity index (χ4v) is 3.66. The van der Waals surface area contributed by atoms with Gasteiger partial charge in [-0.3, -0.25) is 14.9 Å². The van der Waals surface area contributed by atoms with E-state index < -0.39 is 4.92 Å². The van der Waals surface area contributed by atoms with Gasteiger partial charge in [0.05, 0.1) is 12.0 Å². The van der Waals surface area contributed by atoms with Crippen LogP contribution in [0.25, 0.3) is 0 Å². The Hall–Kier alpha value is -3.68. The Bertz CT molecular complexity index is 1110. The number of anilines is 1. The zero-order valence-electron chi connectivity index (χ0n) is 16.2. The van der Waals surface area contributed by atoms with Crippen molar-refractivity contribution in [3.05, 3.63) is 81.4 Å². The Balaban J connectivity index is 1.68. The lowest BCUT2D eigenvalue weighted by molar-refractivity contribution is -0.384. The second-order valence-corrected chi connectivity index (χ2v) is 6.96. The predicted molar refractivity (Wildman–Crippen MR) is 107 cm³/mol. The average Bonchev–Trinajstić information content (AvgIpc) is 3.17. The number of hydrogen-bond acceptors (Lipinski definition) is 6. The number of aromatic nitrogens is 2. The molecule has 148 valence electrons. The molecule has 0 radical (unpaired) electrons. The van der Waals surface area contributed by atoms with Gasteiger partial charge in [0.2, 0.25) is 5.78 Å². The molecule has 4 rings (SSSR count). The standard InChI is InChI=1S/C21H20N4O4/c1-23-10-8-22-21(23)20(26)15-4-6-18(19(12-15)25(27)28)24-9-7-14-3-5-17(29-2)11-16(14)13-24/h3-6,8,10-12H,7,9,13H2,1-2H3. The Morgan fingerprint density at radius 2 is 2.03 bits per heavy atom. The van der Waals surface area contributed by atoms with E-state index in [0.717, 1.165) is 17.7 Å². The van der Waals surface area contributed by atoms with Crippen molar-refractivity contribution in [3.8, 4) is 5.75 Å². The van der Waals surface area contributed by atoms with Gasteiger partial charge in [-0.2, -0.15) is 0 Å². The minimum atomic E-state index is -0.439. The number of aryl methyl sites for hydroxylation is 1. The zero-order chi connectivity index (χ0) is 20.5.